The second kappa shape index (κ2) is 17.5. The minimum Gasteiger partial charge on any atom is -0.465 e. The normalized spacial score (nSPS) is 19.0. The molecule has 0 saturated carbocycles. The highest BCUT2D eigenvalue weighted by atomic mass is 16.5. The molecule has 0 aromatic rings. The van der Waals surface area contributed by atoms with Crippen molar-refractivity contribution in [1.29, 1.82) is 0 Å². The Hall–Kier alpha value is -0.570. The molecule has 160 valence electrons. The van der Waals surface area contributed by atoms with Gasteiger partial charge in [-0.05, 0) is 12.8 Å². The van der Waals surface area contributed by atoms with Crippen LogP contribution >= 0.6 is 0 Å². The molecule has 27 heavy (non-hydrogen) atoms. The summed E-state index contributed by atoms with van der Waals surface area (Å²) < 4.78 is 10.8. The zero-order valence-electron chi connectivity index (χ0n) is 18.3. The molecule has 0 spiro atoms. The van der Waals surface area contributed by atoms with Gasteiger partial charge in [0.2, 0.25) is 0 Å². The van der Waals surface area contributed by atoms with Crippen LogP contribution in [0.2, 0.25) is 0 Å². The first-order valence-corrected chi connectivity index (χ1v) is 12.0. The van der Waals surface area contributed by atoms with Gasteiger partial charge in [-0.2, -0.15) is 0 Å². The van der Waals surface area contributed by atoms with E-state index in [4.69, 9.17) is 9.47 Å². The lowest BCUT2D eigenvalue weighted by atomic mass is 9.97. The smallest absolute Gasteiger partial charge is 0.305 e. The SMILES string of the molecule is CCCCCCCCCCCCCCCCCC(=O)OCC1COC1CC. The average molecular weight is 383 g/mol. The monoisotopic (exact) mass is 382 g/mol. The van der Waals surface area contributed by atoms with E-state index in [0.717, 1.165) is 25.9 Å². The molecule has 0 aromatic heterocycles. The highest BCUT2D eigenvalue weighted by Crippen LogP contribution is 2.23. The summed E-state index contributed by atoms with van der Waals surface area (Å²) in [6.45, 7) is 5.71. The molecule has 1 aliphatic heterocycles. The number of unbranched alkanes of at least 4 members (excludes halogenated alkanes) is 14. The molecule has 0 amide bonds. The number of hydrogen-bond donors (Lipinski definition) is 0. The van der Waals surface area contributed by atoms with E-state index in [9.17, 15) is 4.79 Å². The first-order valence-electron chi connectivity index (χ1n) is 12.0. The van der Waals surface area contributed by atoms with Gasteiger partial charge in [0.15, 0.2) is 0 Å². The van der Waals surface area contributed by atoms with Crippen molar-refractivity contribution in [2.24, 2.45) is 5.92 Å². The molecule has 2 atom stereocenters. The van der Waals surface area contributed by atoms with Gasteiger partial charge in [-0.1, -0.05) is 104 Å². The van der Waals surface area contributed by atoms with Gasteiger partial charge in [0, 0.05) is 12.3 Å². The van der Waals surface area contributed by atoms with Crippen molar-refractivity contribution in [2.45, 2.75) is 129 Å². The summed E-state index contributed by atoms with van der Waals surface area (Å²) in [6, 6.07) is 0. The predicted molar refractivity (Wildman–Crippen MR) is 114 cm³/mol. The first kappa shape index (κ1) is 24.5. The third-order valence-electron chi connectivity index (χ3n) is 5.90. The van der Waals surface area contributed by atoms with Crippen LogP contribution in [0, 0.1) is 5.92 Å². The van der Waals surface area contributed by atoms with Crippen molar-refractivity contribution in [3.05, 3.63) is 0 Å². The summed E-state index contributed by atoms with van der Waals surface area (Å²) in [5.41, 5.74) is 0. The van der Waals surface area contributed by atoms with Crippen molar-refractivity contribution < 1.29 is 14.3 Å². The fraction of sp³-hybridized carbons (Fsp3) is 0.958. The fourth-order valence-corrected chi connectivity index (χ4v) is 3.89. The topological polar surface area (TPSA) is 35.5 Å². The summed E-state index contributed by atoms with van der Waals surface area (Å²) in [6.07, 6.45) is 22.2. The fourth-order valence-electron chi connectivity index (χ4n) is 3.89. The van der Waals surface area contributed by atoms with E-state index < -0.39 is 0 Å². The highest BCUT2D eigenvalue weighted by molar-refractivity contribution is 5.69. The second-order valence-corrected chi connectivity index (χ2v) is 8.42. The number of ether oxygens (including phenoxy) is 2. The zero-order chi connectivity index (χ0) is 19.6. The number of hydrogen-bond acceptors (Lipinski definition) is 3. The van der Waals surface area contributed by atoms with E-state index >= 15 is 0 Å². The summed E-state index contributed by atoms with van der Waals surface area (Å²) >= 11 is 0. The van der Waals surface area contributed by atoms with Crippen LogP contribution in [0.25, 0.3) is 0 Å². The average Bonchev–Trinajstić information content (AvgIpc) is 2.64. The van der Waals surface area contributed by atoms with Crippen LogP contribution in [0.3, 0.4) is 0 Å². The summed E-state index contributed by atoms with van der Waals surface area (Å²) in [5, 5.41) is 0. The molecule has 3 nitrogen and oxygen atoms in total. The largest absolute Gasteiger partial charge is 0.465 e. The molecule has 1 aliphatic rings. The second-order valence-electron chi connectivity index (χ2n) is 8.42. The lowest BCUT2D eigenvalue weighted by molar-refractivity contribution is -0.163. The van der Waals surface area contributed by atoms with Crippen LogP contribution in [0.1, 0.15) is 123 Å². The van der Waals surface area contributed by atoms with Crippen LogP contribution in [0.4, 0.5) is 0 Å². The lowest BCUT2D eigenvalue weighted by Crippen LogP contribution is -2.42. The maximum atomic E-state index is 11.8. The van der Waals surface area contributed by atoms with Crippen molar-refractivity contribution in [2.75, 3.05) is 13.2 Å². The summed E-state index contributed by atoms with van der Waals surface area (Å²) in [7, 11) is 0. The highest BCUT2D eigenvalue weighted by Gasteiger charge is 2.31. The minimum atomic E-state index is -0.0218. The van der Waals surface area contributed by atoms with Crippen LogP contribution < -0.4 is 0 Å². The van der Waals surface area contributed by atoms with Gasteiger partial charge >= 0.3 is 5.97 Å². The van der Waals surface area contributed by atoms with Crippen LogP contribution in [-0.2, 0) is 14.3 Å². The molecule has 0 bridgehead atoms. The molecule has 1 rings (SSSR count). The van der Waals surface area contributed by atoms with Gasteiger partial charge < -0.3 is 9.47 Å². The Bertz CT molecular complexity index is 341. The Morgan fingerprint density at radius 3 is 1.67 bits per heavy atom. The van der Waals surface area contributed by atoms with E-state index in [0.29, 0.717) is 25.0 Å². The van der Waals surface area contributed by atoms with Crippen molar-refractivity contribution in [3.8, 4) is 0 Å². The standard InChI is InChI=1S/C24H46O3/c1-3-5-6-7-8-9-10-11-12-13-14-15-16-17-18-19-24(25)27-21-22-20-26-23(22)4-2/h22-23H,3-21H2,1-2H3. The Kier molecular flexibility index (Phi) is 15.9. The molecule has 0 aromatic carbocycles. The van der Waals surface area contributed by atoms with Gasteiger partial charge in [0.1, 0.15) is 0 Å². The maximum absolute atomic E-state index is 11.8. The Morgan fingerprint density at radius 2 is 1.26 bits per heavy atom. The van der Waals surface area contributed by atoms with Crippen molar-refractivity contribution in [1.82, 2.24) is 0 Å². The molecule has 1 saturated heterocycles. The molecule has 2 unspecified atom stereocenters. The van der Waals surface area contributed by atoms with E-state index in [1.165, 1.54) is 83.5 Å². The number of rotatable bonds is 19. The molecular weight excluding hydrogens is 336 g/mol. The molecule has 0 aliphatic carbocycles. The molecule has 3 heteroatoms. The molecular formula is C24H46O3. The molecule has 0 N–H and O–H groups in total. The van der Waals surface area contributed by atoms with E-state index in [-0.39, 0.29) is 5.97 Å². The van der Waals surface area contributed by atoms with E-state index in [1.54, 1.807) is 0 Å². The quantitative estimate of drug-likeness (QED) is 0.175. The molecule has 1 heterocycles. The maximum Gasteiger partial charge on any atom is 0.305 e. The van der Waals surface area contributed by atoms with Crippen LogP contribution in [0.5, 0.6) is 0 Å². The lowest BCUT2D eigenvalue weighted by Gasteiger charge is -2.35. The van der Waals surface area contributed by atoms with E-state index in [1.807, 2.05) is 0 Å². The minimum absolute atomic E-state index is 0.0218. The van der Waals surface area contributed by atoms with Gasteiger partial charge in [0.05, 0.1) is 19.3 Å². The first-order chi connectivity index (χ1) is 13.3. The Morgan fingerprint density at radius 1 is 0.778 bits per heavy atom. The van der Waals surface area contributed by atoms with E-state index in [2.05, 4.69) is 13.8 Å². The van der Waals surface area contributed by atoms with Gasteiger partial charge in [-0.15, -0.1) is 0 Å². The van der Waals surface area contributed by atoms with Crippen molar-refractivity contribution >= 4 is 5.97 Å². The number of carbonyl (C=O) groups excluding carboxylic acids is 1. The third-order valence-corrected chi connectivity index (χ3v) is 5.90. The molecule has 0 radical (unpaired) electrons. The van der Waals surface area contributed by atoms with Crippen LogP contribution in [-0.4, -0.2) is 25.3 Å². The summed E-state index contributed by atoms with van der Waals surface area (Å²) in [5.74, 6) is 0.409. The summed E-state index contributed by atoms with van der Waals surface area (Å²) in [4.78, 5) is 11.8. The third kappa shape index (κ3) is 13.3. The Labute approximate surface area is 169 Å². The van der Waals surface area contributed by atoms with Crippen molar-refractivity contribution in [3.63, 3.8) is 0 Å². The van der Waals surface area contributed by atoms with Gasteiger partial charge in [-0.3, -0.25) is 4.79 Å². The molecule has 1 fully saturated rings. The zero-order valence-corrected chi connectivity index (χ0v) is 18.3. The Balaban J connectivity index is 1.73. The number of esters is 1. The van der Waals surface area contributed by atoms with Gasteiger partial charge in [-0.25, -0.2) is 0 Å². The van der Waals surface area contributed by atoms with Gasteiger partial charge in [0.25, 0.3) is 0 Å². The number of carbonyl (C=O) groups is 1. The predicted octanol–water partition coefficient (Wildman–Crippen LogP) is 7.22. The van der Waals surface area contributed by atoms with Crippen LogP contribution in [0.15, 0.2) is 0 Å².